The molecule has 150 valence electrons. The number of amides is 1. The lowest BCUT2D eigenvalue weighted by atomic mass is 9.98. The second-order valence-corrected chi connectivity index (χ2v) is 6.85. The normalized spacial score (nSPS) is 15.6. The van der Waals surface area contributed by atoms with Gasteiger partial charge in [0.1, 0.15) is 0 Å². The number of fused-ring (bicyclic) bond motifs is 1. The van der Waals surface area contributed by atoms with Crippen molar-refractivity contribution >= 4 is 5.91 Å². The number of nitrogens with zero attached hydrogens (tertiary/aromatic N) is 2. The fraction of sp³-hybridized carbons (Fsp3) is 0.261. The smallest absolute Gasteiger partial charge is 0.255 e. The van der Waals surface area contributed by atoms with E-state index in [1.165, 1.54) is 0 Å². The molecule has 0 saturated carbocycles. The van der Waals surface area contributed by atoms with Gasteiger partial charge in [-0.25, -0.2) is 0 Å². The molecule has 0 N–H and O–H groups in total. The minimum Gasteiger partial charge on any atom is -0.493 e. The van der Waals surface area contributed by atoms with Gasteiger partial charge in [0.25, 0.3) is 5.91 Å². The highest BCUT2D eigenvalue weighted by Gasteiger charge is 2.33. The summed E-state index contributed by atoms with van der Waals surface area (Å²) in [7, 11) is 4.64. The van der Waals surface area contributed by atoms with Crippen LogP contribution in [0.15, 0.2) is 60.8 Å². The van der Waals surface area contributed by atoms with Crippen molar-refractivity contribution in [1.82, 2.24) is 9.47 Å². The van der Waals surface area contributed by atoms with Crippen molar-refractivity contribution in [3.8, 4) is 17.2 Å². The minimum absolute atomic E-state index is 0.0782. The van der Waals surface area contributed by atoms with Gasteiger partial charge >= 0.3 is 0 Å². The second kappa shape index (κ2) is 7.91. The summed E-state index contributed by atoms with van der Waals surface area (Å²) in [6.45, 7) is 1.36. The maximum absolute atomic E-state index is 13.6. The monoisotopic (exact) mass is 392 g/mol. The van der Waals surface area contributed by atoms with Crippen LogP contribution < -0.4 is 14.2 Å². The van der Waals surface area contributed by atoms with Crippen LogP contribution in [-0.4, -0.2) is 43.2 Å². The number of ether oxygens (including phenoxy) is 3. The van der Waals surface area contributed by atoms with Gasteiger partial charge in [0, 0.05) is 30.5 Å². The van der Waals surface area contributed by atoms with Crippen molar-refractivity contribution in [2.24, 2.45) is 0 Å². The first-order chi connectivity index (χ1) is 14.2. The Kier molecular flexibility index (Phi) is 5.16. The zero-order chi connectivity index (χ0) is 20.4. The molecular formula is C23H24N2O4. The molecule has 6 nitrogen and oxygen atoms in total. The molecule has 0 bridgehead atoms. The van der Waals surface area contributed by atoms with Crippen LogP contribution in [0.4, 0.5) is 0 Å². The third-order valence-electron chi connectivity index (χ3n) is 5.33. The molecule has 0 fully saturated rings. The van der Waals surface area contributed by atoms with Gasteiger partial charge in [-0.3, -0.25) is 4.79 Å². The SMILES string of the molecule is COc1cc(C(=O)N2CCn3cccc3C2c2ccccc2)cc(OC)c1OC. The van der Waals surface area contributed by atoms with Crippen molar-refractivity contribution in [2.75, 3.05) is 27.9 Å². The third-order valence-corrected chi connectivity index (χ3v) is 5.33. The minimum atomic E-state index is -0.161. The van der Waals surface area contributed by atoms with Gasteiger partial charge in [0.15, 0.2) is 11.5 Å². The Morgan fingerprint density at radius 2 is 1.59 bits per heavy atom. The lowest BCUT2D eigenvalue weighted by molar-refractivity contribution is 0.0663. The van der Waals surface area contributed by atoms with Gasteiger partial charge in [-0.15, -0.1) is 0 Å². The van der Waals surface area contributed by atoms with Crippen LogP contribution in [0.1, 0.15) is 27.7 Å². The number of carbonyl (C=O) groups is 1. The maximum atomic E-state index is 13.6. The van der Waals surface area contributed by atoms with Gasteiger partial charge in [-0.1, -0.05) is 30.3 Å². The van der Waals surface area contributed by atoms with E-state index in [0.717, 1.165) is 17.8 Å². The largest absolute Gasteiger partial charge is 0.493 e. The van der Waals surface area contributed by atoms with Crippen LogP contribution in [0.2, 0.25) is 0 Å². The molecule has 1 aromatic heterocycles. The zero-order valence-electron chi connectivity index (χ0n) is 16.8. The fourth-order valence-corrected chi connectivity index (χ4v) is 3.96. The van der Waals surface area contributed by atoms with Gasteiger partial charge in [0.05, 0.1) is 27.4 Å². The molecule has 2 heterocycles. The van der Waals surface area contributed by atoms with Crippen LogP contribution in [0.25, 0.3) is 0 Å². The van der Waals surface area contributed by atoms with Gasteiger partial charge < -0.3 is 23.7 Å². The molecule has 0 saturated heterocycles. The summed E-state index contributed by atoms with van der Waals surface area (Å²) in [6.07, 6.45) is 2.06. The Balaban J connectivity index is 1.78. The highest BCUT2D eigenvalue weighted by atomic mass is 16.5. The standard InChI is InChI=1S/C23H24N2O4/c1-27-19-14-17(15-20(28-2)22(19)29-3)23(26)25-13-12-24-11-7-10-18(24)21(25)16-8-5-4-6-9-16/h4-11,14-15,21H,12-13H2,1-3H3. The topological polar surface area (TPSA) is 52.9 Å². The molecule has 3 aromatic rings. The number of carbonyl (C=O) groups excluding carboxylic acids is 1. The average Bonchev–Trinajstić information content (AvgIpc) is 3.26. The summed E-state index contributed by atoms with van der Waals surface area (Å²) >= 11 is 0. The first-order valence-corrected chi connectivity index (χ1v) is 9.49. The quantitative estimate of drug-likeness (QED) is 0.663. The number of benzene rings is 2. The molecule has 6 heteroatoms. The predicted octanol–water partition coefficient (Wildman–Crippen LogP) is 3.76. The Morgan fingerprint density at radius 3 is 2.21 bits per heavy atom. The van der Waals surface area contributed by atoms with Crippen LogP contribution in [0.5, 0.6) is 17.2 Å². The summed E-state index contributed by atoms with van der Waals surface area (Å²) in [4.78, 5) is 15.5. The Hall–Kier alpha value is -3.41. The van der Waals surface area contributed by atoms with Gasteiger partial charge in [-0.2, -0.15) is 0 Å². The first kappa shape index (κ1) is 18.9. The highest BCUT2D eigenvalue weighted by molar-refractivity contribution is 5.96. The summed E-state index contributed by atoms with van der Waals surface area (Å²) in [6, 6.07) is 17.5. The third kappa shape index (κ3) is 3.31. The van der Waals surface area contributed by atoms with Gasteiger partial charge in [0.2, 0.25) is 5.75 Å². The molecular weight excluding hydrogens is 368 g/mol. The van der Waals surface area contributed by atoms with Crippen molar-refractivity contribution in [3.05, 3.63) is 77.6 Å². The van der Waals surface area contributed by atoms with E-state index in [1.54, 1.807) is 33.5 Å². The van der Waals surface area contributed by atoms with Crippen LogP contribution >= 0.6 is 0 Å². The molecule has 0 spiro atoms. The van der Waals surface area contributed by atoms with E-state index in [-0.39, 0.29) is 11.9 Å². The van der Waals surface area contributed by atoms with E-state index in [4.69, 9.17) is 14.2 Å². The van der Waals surface area contributed by atoms with E-state index in [2.05, 4.69) is 29.0 Å². The van der Waals surface area contributed by atoms with Crippen molar-refractivity contribution in [1.29, 1.82) is 0 Å². The molecule has 1 aliphatic rings. The molecule has 1 aliphatic heterocycles. The average molecular weight is 392 g/mol. The molecule has 1 amide bonds. The van der Waals surface area contributed by atoms with Crippen LogP contribution in [-0.2, 0) is 6.54 Å². The van der Waals surface area contributed by atoms with E-state index in [0.29, 0.717) is 29.4 Å². The predicted molar refractivity (Wildman–Crippen MR) is 110 cm³/mol. The molecule has 2 aromatic carbocycles. The molecule has 4 rings (SSSR count). The van der Waals surface area contributed by atoms with Crippen molar-refractivity contribution < 1.29 is 19.0 Å². The summed E-state index contributed by atoms with van der Waals surface area (Å²) in [5, 5.41) is 0. The zero-order valence-corrected chi connectivity index (χ0v) is 16.8. The van der Waals surface area contributed by atoms with Crippen LogP contribution in [0, 0.1) is 0 Å². The first-order valence-electron chi connectivity index (χ1n) is 9.49. The Morgan fingerprint density at radius 1 is 0.897 bits per heavy atom. The van der Waals surface area contributed by atoms with Crippen LogP contribution in [0.3, 0.4) is 0 Å². The van der Waals surface area contributed by atoms with Gasteiger partial charge in [-0.05, 0) is 29.8 Å². The second-order valence-electron chi connectivity index (χ2n) is 6.85. The Bertz CT molecular complexity index is 988. The molecule has 29 heavy (non-hydrogen) atoms. The van der Waals surface area contributed by atoms with E-state index >= 15 is 0 Å². The lowest BCUT2D eigenvalue weighted by Gasteiger charge is -2.37. The highest BCUT2D eigenvalue weighted by Crippen LogP contribution is 2.40. The maximum Gasteiger partial charge on any atom is 0.255 e. The number of aromatic nitrogens is 1. The molecule has 1 atom stereocenters. The van der Waals surface area contributed by atoms with Crippen molar-refractivity contribution in [2.45, 2.75) is 12.6 Å². The van der Waals surface area contributed by atoms with E-state index in [1.807, 2.05) is 29.2 Å². The molecule has 0 aliphatic carbocycles. The summed E-state index contributed by atoms with van der Waals surface area (Å²) in [5.74, 6) is 1.32. The number of hydrogen-bond donors (Lipinski definition) is 0. The number of rotatable bonds is 5. The molecule has 0 radical (unpaired) electrons. The number of hydrogen-bond acceptors (Lipinski definition) is 4. The number of methoxy groups -OCH3 is 3. The van der Waals surface area contributed by atoms with Crippen molar-refractivity contribution in [3.63, 3.8) is 0 Å². The van der Waals surface area contributed by atoms with E-state index < -0.39 is 0 Å². The summed E-state index contributed by atoms with van der Waals surface area (Å²) in [5.41, 5.74) is 2.68. The fourth-order valence-electron chi connectivity index (χ4n) is 3.96. The molecule has 1 unspecified atom stereocenters. The Labute approximate surface area is 170 Å². The lowest BCUT2D eigenvalue weighted by Crippen LogP contribution is -2.42. The van der Waals surface area contributed by atoms with E-state index in [9.17, 15) is 4.79 Å². The summed E-state index contributed by atoms with van der Waals surface area (Å²) < 4.78 is 18.5.